The van der Waals surface area contributed by atoms with Crippen molar-refractivity contribution in [3.8, 4) is 0 Å². The molecule has 5 nitrogen and oxygen atoms in total. The van der Waals surface area contributed by atoms with E-state index in [0.29, 0.717) is 13.0 Å². The van der Waals surface area contributed by atoms with Gasteiger partial charge >= 0.3 is 12.0 Å². The lowest BCUT2D eigenvalue weighted by Gasteiger charge is -2.25. The van der Waals surface area contributed by atoms with E-state index in [1.165, 1.54) is 19.3 Å². The summed E-state index contributed by atoms with van der Waals surface area (Å²) in [5.41, 5.74) is 0. The van der Waals surface area contributed by atoms with Crippen molar-refractivity contribution in [2.24, 2.45) is 5.92 Å². The molecule has 1 aliphatic carbocycles. The van der Waals surface area contributed by atoms with Crippen LogP contribution in [0.5, 0.6) is 0 Å². The Balaban J connectivity index is 2.00. The van der Waals surface area contributed by atoms with Crippen molar-refractivity contribution < 1.29 is 14.7 Å². The van der Waals surface area contributed by atoms with Crippen LogP contribution in [0.15, 0.2) is 0 Å². The Bertz CT molecular complexity index is 264. The van der Waals surface area contributed by atoms with Gasteiger partial charge in [-0.05, 0) is 25.7 Å². The van der Waals surface area contributed by atoms with Crippen LogP contribution in [0.25, 0.3) is 0 Å². The molecule has 0 spiro atoms. The summed E-state index contributed by atoms with van der Waals surface area (Å²) >= 11 is 0. The summed E-state index contributed by atoms with van der Waals surface area (Å²) in [4.78, 5) is 21.8. The Morgan fingerprint density at radius 2 is 2.12 bits per heavy atom. The molecule has 0 aromatic carbocycles. The van der Waals surface area contributed by atoms with Gasteiger partial charge in [-0.2, -0.15) is 0 Å². The lowest BCUT2D eigenvalue weighted by atomic mass is 9.83. The van der Waals surface area contributed by atoms with Crippen LogP contribution in [-0.4, -0.2) is 29.7 Å². The van der Waals surface area contributed by atoms with Gasteiger partial charge in [-0.25, -0.2) is 4.79 Å². The number of carbonyl (C=O) groups excluding carboxylic acids is 1. The summed E-state index contributed by atoms with van der Waals surface area (Å²) in [5, 5.41) is 14.0. The molecule has 17 heavy (non-hydrogen) atoms. The van der Waals surface area contributed by atoms with Crippen LogP contribution >= 0.6 is 0 Å². The molecule has 1 saturated carbocycles. The third-order valence-electron chi connectivity index (χ3n) is 3.23. The number of urea groups is 1. The topological polar surface area (TPSA) is 78.4 Å². The molecule has 0 saturated heterocycles. The molecule has 0 heterocycles. The highest BCUT2D eigenvalue weighted by molar-refractivity contribution is 5.74. The first-order valence-electron chi connectivity index (χ1n) is 6.34. The number of nitrogens with one attached hydrogen (secondary N) is 2. The monoisotopic (exact) mass is 242 g/mol. The molecule has 5 heteroatoms. The molecule has 0 aromatic rings. The second-order valence-electron chi connectivity index (χ2n) is 4.82. The fourth-order valence-electron chi connectivity index (χ4n) is 1.86. The van der Waals surface area contributed by atoms with Crippen molar-refractivity contribution >= 4 is 12.0 Å². The molecule has 2 amide bonds. The number of hydrogen-bond acceptors (Lipinski definition) is 2. The van der Waals surface area contributed by atoms with Crippen LogP contribution in [0.4, 0.5) is 4.79 Å². The molecule has 0 aromatic heterocycles. The van der Waals surface area contributed by atoms with Gasteiger partial charge in [0.15, 0.2) is 0 Å². The van der Waals surface area contributed by atoms with Crippen LogP contribution < -0.4 is 10.6 Å². The number of amides is 2. The zero-order valence-electron chi connectivity index (χ0n) is 10.4. The van der Waals surface area contributed by atoms with Gasteiger partial charge in [0.1, 0.15) is 0 Å². The fourth-order valence-corrected chi connectivity index (χ4v) is 1.86. The molecule has 1 rings (SSSR count). The van der Waals surface area contributed by atoms with E-state index in [1.807, 2.05) is 6.92 Å². The summed E-state index contributed by atoms with van der Waals surface area (Å²) in [6.45, 7) is 2.52. The van der Waals surface area contributed by atoms with E-state index in [4.69, 9.17) is 5.11 Å². The van der Waals surface area contributed by atoms with Crippen LogP contribution in [0, 0.1) is 5.92 Å². The minimum atomic E-state index is -0.830. The zero-order valence-corrected chi connectivity index (χ0v) is 10.4. The average Bonchev–Trinajstić information content (AvgIpc) is 2.18. The second kappa shape index (κ2) is 7.14. The summed E-state index contributed by atoms with van der Waals surface area (Å²) in [7, 11) is 0. The van der Waals surface area contributed by atoms with E-state index in [2.05, 4.69) is 10.6 Å². The molecule has 1 unspecified atom stereocenters. The first-order chi connectivity index (χ1) is 8.08. The Morgan fingerprint density at radius 3 is 2.65 bits per heavy atom. The van der Waals surface area contributed by atoms with Crippen LogP contribution in [0.2, 0.25) is 0 Å². The maximum absolute atomic E-state index is 11.4. The molecule has 0 aliphatic heterocycles. The van der Waals surface area contributed by atoms with Gasteiger partial charge < -0.3 is 15.7 Å². The van der Waals surface area contributed by atoms with E-state index in [0.717, 1.165) is 12.3 Å². The highest BCUT2D eigenvalue weighted by atomic mass is 16.4. The molecule has 3 N–H and O–H groups in total. The van der Waals surface area contributed by atoms with Crippen molar-refractivity contribution in [3.05, 3.63) is 0 Å². The molecule has 98 valence electrons. The first-order valence-corrected chi connectivity index (χ1v) is 6.34. The summed E-state index contributed by atoms with van der Waals surface area (Å²) in [6.07, 6.45) is 5.51. The second-order valence-corrected chi connectivity index (χ2v) is 4.82. The van der Waals surface area contributed by atoms with E-state index in [1.54, 1.807) is 0 Å². The third kappa shape index (κ3) is 6.14. The summed E-state index contributed by atoms with van der Waals surface area (Å²) in [6, 6.07) is -0.294. The van der Waals surface area contributed by atoms with Crippen LogP contribution in [0.3, 0.4) is 0 Å². The van der Waals surface area contributed by atoms with Gasteiger partial charge in [0.25, 0.3) is 0 Å². The Labute approximate surface area is 102 Å². The predicted molar refractivity (Wildman–Crippen MR) is 64.8 cm³/mol. The lowest BCUT2D eigenvalue weighted by Crippen LogP contribution is -2.41. The van der Waals surface area contributed by atoms with Crippen LogP contribution in [0.1, 0.15) is 45.4 Å². The highest BCUT2D eigenvalue weighted by Gasteiger charge is 2.17. The van der Waals surface area contributed by atoms with Crippen molar-refractivity contribution in [1.82, 2.24) is 10.6 Å². The normalized spacial score (nSPS) is 17.0. The Kier molecular flexibility index (Phi) is 5.80. The fraction of sp³-hybridized carbons (Fsp3) is 0.833. The Hall–Kier alpha value is -1.26. The quantitative estimate of drug-likeness (QED) is 0.636. The largest absolute Gasteiger partial charge is 0.481 e. The number of carbonyl (C=O) groups is 2. The minimum Gasteiger partial charge on any atom is -0.481 e. The van der Waals surface area contributed by atoms with Gasteiger partial charge in [-0.15, -0.1) is 0 Å². The minimum absolute atomic E-state index is 0.0868. The predicted octanol–water partition coefficient (Wildman–Crippen LogP) is 1.73. The van der Waals surface area contributed by atoms with Gasteiger partial charge in [0.05, 0.1) is 0 Å². The van der Waals surface area contributed by atoms with Gasteiger partial charge in [0, 0.05) is 19.0 Å². The van der Waals surface area contributed by atoms with E-state index < -0.39 is 5.97 Å². The third-order valence-corrected chi connectivity index (χ3v) is 3.23. The van der Waals surface area contributed by atoms with Crippen LogP contribution in [-0.2, 0) is 4.79 Å². The number of aliphatic carboxylic acids is 1. The Morgan fingerprint density at radius 1 is 1.41 bits per heavy atom. The zero-order chi connectivity index (χ0) is 12.7. The SMILES string of the molecule is CC(CCC(=O)O)NC(=O)NCCC1CCC1. The number of rotatable bonds is 7. The van der Waals surface area contributed by atoms with E-state index in [-0.39, 0.29) is 18.5 Å². The van der Waals surface area contributed by atoms with Gasteiger partial charge in [-0.3, -0.25) is 4.79 Å². The first kappa shape index (κ1) is 13.8. The smallest absolute Gasteiger partial charge is 0.314 e. The molecular weight excluding hydrogens is 220 g/mol. The molecule has 0 radical (unpaired) electrons. The molecule has 0 bridgehead atoms. The maximum atomic E-state index is 11.4. The number of carboxylic acid groups (broad SMARTS) is 1. The van der Waals surface area contributed by atoms with E-state index in [9.17, 15) is 9.59 Å². The molecule has 1 aliphatic rings. The lowest BCUT2D eigenvalue weighted by molar-refractivity contribution is -0.137. The van der Waals surface area contributed by atoms with E-state index >= 15 is 0 Å². The number of carboxylic acids is 1. The number of hydrogen-bond donors (Lipinski definition) is 3. The molecular formula is C12H22N2O3. The molecule has 1 atom stereocenters. The van der Waals surface area contributed by atoms with Crippen molar-refractivity contribution in [3.63, 3.8) is 0 Å². The van der Waals surface area contributed by atoms with Gasteiger partial charge in [-0.1, -0.05) is 19.3 Å². The summed E-state index contributed by atoms with van der Waals surface area (Å²) < 4.78 is 0. The maximum Gasteiger partial charge on any atom is 0.314 e. The van der Waals surface area contributed by atoms with Crippen molar-refractivity contribution in [2.45, 2.75) is 51.5 Å². The van der Waals surface area contributed by atoms with Crippen molar-refractivity contribution in [2.75, 3.05) is 6.54 Å². The van der Waals surface area contributed by atoms with Crippen molar-refractivity contribution in [1.29, 1.82) is 0 Å². The standard InChI is InChI=1S/C12H22N2O3/c1-9(5-6-11(15)16)14-12(17)13-8-7-10-3-2-4-10/h9-10H,2-8H2,1H3,(H,15,16)(H2,13,14,17). The highest BCUT2D eigenvalue weighted by Crippen LogP contribution is 2.28. The summed E-state index contributed by atoms with van der Waals surface area (Å²) in [5.74, 6) is -0.0382. The average molecular weight is 242 g/mol. The van der Waals surface area contributed by atoms with Gasteiger partial charge in [0.2, 0.25) is 0 Å². The molecule has 1 fully saturated rings.